The summed E-state index contributed by atoms with van der Waals surface area (Å²) in [5, 5.41) is 2.79. The molecule has 0 spiro atoms. The molecule has 0 radical (unpaired) electrons. The summed E-state index contributed by atoms with van der Waals surface area (Å²) in [7, 11) is 0. The van der Waals surface area contributed by atoms with E-state index in [1.54, 1.807) is 12.4 Å². The van der Waals surface area contributed by atoms with E-state index in [1.807, 2.05) is 42.5 Å². The summed E-state index contributed by atoms with van der Waals surface area (Å²) >= 11 is 0. The minimum absolute atomic E-state index is 0.190. The maximum absolute atomic E-state index is 11.9. The molecule has 0 saturated carbocycles. The van der Waals surface area contributed by atoms with Gasteiger partial charge in [0.25, 0.3) is 0 Å². The molecular formula is C14H15N3O. The van der Waals surface area contributed by atoms with E-state index in [0.717, 1.165) is 11.1 Å². The topological polar surface area (TPSA) is 68.0 Å². The van der Waals surface area contributed by atoms with Crippen LogP contribution in [0.4, 0.5) is 0 Å². The van der Waals surface area contributed by atoms with Crippen molar-refractivity contribution < 1.29 is 4.79 Å². The highest BCUT2D eigenvalue weighted by molar-refractivity contribution is 5.82. The van der Waals surface area contributed by atoms with Crippen LogP contribution in [-0.4, -0.2) is 10.9 Å². The van der Waals surface area contributed by atoms with Gasteiger partial charge in [0.2, 0.25) is 5.91 Å². The van der Waals surface area contributed by atoms with Gasteiger partial charge in [0.1, 0.15) is 6.04 Å². The van der Waals surface area contributed by atoms with Gasteiger partial charge in [0.05, 0.1) is 0 Å². The van der Waals surface area contributed by atoms with Crippen molar-refractivity contribution in [2.75, 3.05) is 0 Å². The fourth-order valence-electron chi connectivity index (χ4n) is 1.61. The zero-order chi connectivity index (χ0) is 12.8. The number of rotatable bonds is 4. The Morgan fingerprint density at radius 1 is 1.22 bits per heavy atom. The first-order valence-electron chi connectivity index (χ1n) is 5.74. The molecule has 1 amide bonds. The minimum atomic E-state index is -0.636. The van der Waals surface area contributed by atoms with Gasteiger partial charge < -0.3 is 11.1 Å². The number of hydrogen-bond acceptors (Lipinski definition) is 3. The fraction of sp³-hybridized carbons (Fsp3) is 0.143. The number of carbonyl (C=O) groups is 1. The number of benzene rings is 1. The lowest BCUT2D eigenvalue weighted by Crippen LogP contribution is -2.33. The Balaban J connectivity index is 1.93. The standard InChI is InChI=1S/C14H15N3O/c15-13(12-6-2-1-3-7-12)14(18)17-10-11-5-4-8-16-9-11/h1-9,13H,10,15H2,(H,17,18). The van der Waals surface area contributed by atoms with E-state index in [9.17, 15) is 4.79 Å². The van der Waals surface area contributed by atoms with E-state index >= 15 is 0 Å². The predicted molar refractivity (Wildman–Crippen MR) is 69.5 cm³/mol. The van der Waals surface area contributed by atoms with Gasteiger partial charge in [-0.05, 0) is 17.2 Å². The van der Waals surface area contributed by atoms with Gasteiger partial charge in [-0.15, -0.1) is 0 Å². The number of amides is 1. The molecule has 0 saturated heterocycles. The molecule has 0 bridgehead atoms. The number of nitrogens with one attached hydrogen (secondary N) is 1. The average molecular weight is 241 g/mol. The molecule has 1 atom stereocenters. The summed E-state index contributed by atoms with van der Waals surface area (Å²) < 4.78 is 0. The molecular weight excluding hydrogens is 226 g/mol. The van der Waals surface area contributed by atoms with Gasteiger partial charge in [-0.3, -0.25) is 9.78 Å². The first-order chi connectivity index (χ1) is 8.77. The largest absolute Gasteiger partial charge is 0.350 e. The lowest BCUT2D eigenvalue weighted by atomic mass is 10.1. The molecule has 4 heteroatoms. The summed E-state index contributed by atoms with van der Waals surface area (Å²) in [5.41, 5.74) is 7.63. The number of hydrogen-bond donors (Lipinski definition) is 2. The van der Waals surface area contributed by atoms with Crippen molar-refractivity contribution in [3.05, 3.63) is 66.0 Å². The third kappa shape index (κ3) is 3.15. The molecule has 1 aromatic carbocycles. The van der Waals surface area contributed by atoms with Crippen LogP contribution in [0.5, 0.6) is 0 Å². The molecule has 0 aliphatic carbocycles. The lowest BCUT2D eigenvalue weighted by Gasteiger charge is -2.12. The lowest BCUT2D eigenvalue weighted by molar-refractivity contribution is -0.122. The monoisotopic (exact) mass is 241 g/mol. The predicted octanol–water partition coefficient (Wildman–Crippen LogP) is 1.40. The molecule has 0 aliphatic rings. The highest BCUT2D eigenvalue weighted by Gasteiger charge is 2.14. The van der Waals surface area contributed by atoms with Gasteiger partial charge >= 0.3 is 0 Å². The van der Waals surface area contributed by atoms with E-state index in [4.69, 9.17) is 5.73 Å². The van der Waals surface area contributed by atoms with Gasteiger partial charge in [0, 0.05) is 18.9 Å². The van der Waals surface area contributed by atoms with Gasteiger partial charge in [0.15, 0.2) is 0 Å². The van der Waals surface area contributed by atoms with Crippen LogP contribution < -0.4 is 11.1 Å². The number of aromatic nitrogens is 1. The highest BCUT2D eigenvalue weighted by Crippen LogP contribution is 2.09. The molecule has 3 N–H and O–H groups in total. The second-order valence-corrected chi connectivity index (χ2v) is 3.97. The van der Waals surface area contributed by atoms with Crippen LogP contribution in [0.15, 0.2) is 54.9 Å². The Labute approximate surface area is 106 Å². The number of nitrogens with two attached hydrogens (primary N) is 1. The number of pyridine rings is 1. The van der Waals surface area contributed by atoms with Gasteiger partial charge in [-0.1, -0.05) is 36.4 Å². The Hall–Kier alpha value is -2.20. The summed E-state index contributed by atoms with van der Waals surface area (Å²) in [6.45, 7) is 0.438. The van der Waals surface area contributed by atoms with Crippen molar-refractivity contribution in [3.8, 4) is 0 Å². The third-order valence-corrected chi connectivity index (χ3v) is 2.63. The zero-order valence-corrected chi connectivity index (χ0v) is 9.91. The van der Waals surface area contributed by atoms with E-state index in [0.29, 0.717) is 6.54 Å². The summed E-state index contributed by atoms with van der Waals surface area (Å²) in [5.74, 6) is -0.190. The second-order valence-electron chi connectivity index (χ2n) is 3.97. The summed E-state index contributed by atoms with van der Waals surface area (Å²) in [6.07, 6.45) is 3.41. The molecule has 1 unspecified atom stereocenters. The highest BCUT2D eigenvalue weighted by atomic mass is 16.2. The van der Waals surface area contributed by atoms with Crippen molar-refractivity contribution in [3.63, 3.8) is 0 Å². The maximum Gasteiger partial charge on any atom is 0.241 e. The Morgan fingerprint density at radius 2 is 2.00 bits per heavy atom. The second kappa shape index (κ2) is 5.93. The van der Waals surface area contributed by atoms with Crippen LogP contribution in [0.2, 0.25) is 0 Å². The van der Waals surface area contributed by atoms with E-state index in [2.05, 4.69) is 10.3 Å². The normalized spacial score (nSPS) is 11.8. The summed E-state index contributed by atoms with van der Waals surface area (Å²) in [6, 6.07) is 12.4. The van der Waals surface area contributed by atoms with Crippen molar-refractivity contribution in [1.82, 2.24) is 10.3 Å². The SMILES string of the molecule is NC(C(=O)NCc1cccnc1)c1ccccc1. The van der Waals surface area contributed by atoms with Crippen molar-refractivity contribution in [2.45, 2.75) is 12.6 Å². The van der Waals surface area contributed by atoms with Crippen molar-refractivity contribution >= 4 is 5.91 Å². The molecule has 2 aromatic rings. The molecule has 1 heterocycles. The number of nitrogens with zero attached hydrogens (tertiary/aromatic N) is 1. The molecule has 1 aromatic heterocycles. The molecule has 4 nitrogen and oxygen atoms in total. The first kappa shape index (κ1) is 12.3. The molecule has 2 rings (SSSR count). The maximum atomic E-state index is 11.9. The van der Waals surface area contributed by atoms with Crippen LogP contribution in [-0.2, 0) is 11.3 Å². The minimum Gasteiger partial charge on any atom is -0.350 e. The van der Waals surface area contributed by atoms with Crippen LogP contribution in [0.1, 0.15) is 17.2 Å². The molecule has 18 heavy (non-hydrogen) atoms. The quantitative estimate of drug-likeness (QED) is 0.850. The van der Waals surface area contributed by atoms with Crippen LogP contribution in [0.3, 0.4) is 0 Å². The van der Waals surface area contributed by atoms with E-state index in [-0.39, 0.29) is 5.91 Å². The Kier molecular flexibility index (Phi) is 4.04. The summed E-state index contributed by atoms with van der Waals surface area (Å²) in [4.78, 5) is 15.8. The van der Waals surface area contributed by atoms with E-state index in [1.165, 1.54) is 0 Å². The van der Waals surface area contributed by atoms with Crippen LogP contribution in [0.25, 0.3) is 0 Å². The average Bonchev–Trinajstić information content (AvgIpc) is 2.46. The Bertz CT molecular complexity index is 499. The fourth-order valence-corrected chi connectivity index (χ4v) is 1.61. The van der Waals surface area contributed by atoms with Crippen LogP contribution in [0, 0.1) is 0 Å². The molecule has 0 aliphatic heterocycles. The van der Waals surface area contributed by atoms with Gasteiger partial charge in [-0.25, -0.2) is 0 Å². The zero-order valence-electron chi connectivity index (χ0n) is 9.91. The molecule has 0 fully saturated rings. The van der Waals surface area contributed by atoms with Crippen LogP contribution >= 0.6 is 0 Å². The Morgan fingerprint density at radius 3 is 2.67 bits per heavy atom. The van der Waals surface area contributed by atoms with E-state index < -0.39 is 6.04 Å². The number of carbonyl (C=O) groups excluding carboxylic acids is 1. The smallest absolute Gasteiger partial charge is 0.241 e. The molecule has 92 valence electrons. The van der Waals surface area contributed by atoms with Crippen molar-refractivity contribution in [2.24, 2.45) is 5.73 Å². The first-order valence-corrected chi connectivity index (χ1v) is 5.74. The third-order valence-electron chi connectivity index (χ3n) is 2.63. The van der Waals surface area contributed by atoms with Gasteiger partial charge in [-0.2, -0.15) is 0 Å². The van der Waals surface area contributed by atoms with Crippen molar-refractivity contribution in [1.29, 1.82) is 0 Å².